The Bertz CT molecular complexity index is 556. The molecule has 6 heteroatoms. The van der Waals surface area contributed by atoms with Gasteiger partial charge in [-0.05, 0) is 30.2 Å². The molecule has 23 heavy (non-hydrogen) atoms. The van der Waals surface area contributed by atoms with Crippen LogP contribution in [0.3, 0.4) is 0 Å². The number of carbonyl (C=O) groups is 2. The van der Waals surface area contributed by atoms with Gasteiger partial charge in [0.2, 0.25) is 11.8 Å². The van der Waals surface area contributed by atoms with E-state index in [-0.39, 0.29) is 36.8 Å². The summed E-state index contributed by atoms with van der Waals surface area (Å²) in [6.07, 6.45) is 0.189. The van der Waals surface area contributed by atoms with E-state index in [1.165, 1.54) is 0 Å². The zero-order valence-electron chi connectivity index (χ0n) is 13.8. The Morgan fingerprint density at radius 1 is 1.39 bits per heavy atom. The predicted octanol–water partition coefficient (Wildman–Crippen LogP) is 1.18. The summed E-state index contributed by atoms with van der Waals surface area (Å²) in [6, 6.07) is 6.91. The molecule has 6 nitrogen and oxygen atoms in total. The Morgan fingerprint density at radius 3 is 2.57 bits per heavy atom. The molecule has 1 aromatic rings. The second kappa shape index (κ2) is 7.46. The van der Waals surface area contributed by atoms with Crippen LogP contribution in [0.4, 0.5) is 5.69 Å². The number of rotatable bonds is 6. The Kier molecular flexibility index (Phi) is 5.60. The molecule has 0 aromatic heterocycles. The first-order valence-corrected chi connectivity index (χ1v) is 7.82. The molecular formula is C17H24N2O4. The number of methoxy groups -OCH3 is 1. The van der Waals surface area contributed by atoms with Crippen molar-refractivity contribution in [2.45, 2.75) is 26.3 Å². The summed E-state index contributed by atoms with van der Waals surface area (Å²) >= 11 is 0. The van der Waals surface area contributed by atoms with E-state index < -0.39 is 5.92 Å². The molecule has 2 N–H and O–H groups in total. The second-order valence-electron chi connectivity index (χ2n) is 6.15. The fourth-order valence-electron chi connectivity index (χ4n) is 2.62. The van der Waals surface area contributed by atoms with Crippen LogP contribution in [0, 0.1) is 11.8 Å². The van der Waals surface area contributed by atoms with Gasteiger partial charge >= 0.3 is 0 Å². The predicted molar refractivity (Wildman–Crippen MR) is 87.3 cm³/mol. The fourth-order valence-corrected chi connectivity index (χ4v) is 2.62. The Morgan fingerprint density at radius 2 is 2.04 bits per heavy atom. The molecule has 1 aliphatic heterocycles. The van der Waals surface area contributed by atoms with Crippen molar-refractivity contribution in [3.05, 3.63) is 24.3 Å². The third-order valence-electron chi connectivity index (χ3n) is 4.21. The molecule has 1 saturated heterocycles. The van der Waals surface area contributed by atoms with Crippen LogP contribution in [0.15, 0.2) is 24.3 Å². The topological polar surface area (TPSA) is 78.9 Å². The molecule has 0 saturated carbocycles. The number of aliphatic hydroxyl groups excluding tert-OH is 1. The third-order valence-corrected chi connectivity index (χ3v) is 4.21. The van der Waals surface area contributed by atoms with Gasteiger partial charge in [0.05, 0.1) is 25.7 Å². The molecular weight excluding hydrogens is 296 g/mol. The maximum absolute atomic E-state index is 12.3. The summed E-state index contributed by atoms with van der Waals surface area (Å²) in [6.45, 7) is 4.12. The molecule has 1 aliphatic rings. The fraction of sp³-hybridized carbons (Fsp3) is 0.529. The van der Waals surface area contributed by atoms with E-state index in [1.54, 1.807) is 24.1 Å². The molecule has 126 valence electrons. The van der Waals surface area contributed by atoms with Crippen LogP contribution in [0.5, 0.6) is 5.75 Å². The van der Waals surface area contributed by atoms with Crippen LogP contribution in [-0.2, 0) is 9.59 Å². The van der Waals surface area contributed by atoms with Gasteiger partial charge < -0.3 is 20.1 Å². The van der Waals surface area contributed by atoms with Crippen LogP contribution < -0.4 is 15.0 Å². The number of nitrogens with zero attached hydrogens (tertiary/aromatic N) is 1. The van der Waals surface area contributed by atoms with Crippen molar-refractivity contribution in [2.75, 3.05) is 25.2 Å². The van der Waals surface area contributed by atoms with E-state index in [9.17, 15) is 14.7 Å². The monoisotopic (exact) mass is 320 g/mol. The number of amides is 2. The summed E-state index contributed by atoms with van der Waals surface area (Å²) in [7, 11) is 1.59. The molecule has 0 spiro atoms. The van der Waals surface area contributed by atoms with Crippen molar-refractivity contribution in [2.24, 2.45) is 11.8 Å². The van der Waals surface area contributed by atoms with Crippen LogP contribution in [-0.4, -0.2) is 43.2 Å². The van der Waals surface area contributed by atoms with Gasteiger partial charge in [-0.2, -0.15) is 0 Å². The summed E-state index contributed by atoms with van der Waals surface area (Å²) in [5.74, 6) is 0.219. The van der Waals surface area contributed by atoms with Crippen molar-refractivity contribution < 1.29 is 19.4 Å². The van der Waals surface area contributed by atoms with Crippen molar-refractivity contribution >= 4 is 17.5 Å². The number of carbonyl (C=O) groups excluding carboxylic acids is 2. The number of ether oxygens (including phenoxy) is 1. The van der Waals surface area contributed by atoms with Gasteiger partial charge in [0.15, 0.2) is 0 Å². The first kappa shape index (κ1) is 17.3. The zero-order valence-corrected chi connectivity index (χ0v) is 13.8. The van der Waals surface area contributed by atoms with Crippen molar-refractivity contribution in [1.82, 2.24) is 5.32 Å². The summed E-state index contributed by atoms with van der Waals surface area (Å²) in [5.41, 5.74) is 0.758. The quantitative estimate of drug-likeness (QED) is 0.825. The lowest BCUT2D eigenvalue weighted by molar-refractivity contribution is -0.127. The summed E-state index contributed by atoms with van der Waals surface area (Å²) in [4.78, 5) is 26.1. The maximum Gasteiger partial charge on any atom is 0.227 e. The number of nitrogens with one attached hydrogen (secondary N) is 1. The Hall–Kier alpha value is -2.08. The number of benzene rings is 1. The first-order chi connectivity index (χ1) is 11.0. The average molecular weight is 320 g/mol. The van der Waals surface area contributed by atoms with Gasteiger partial charge in [-0.1, -0.05) is 13.8 Å². The first-order valence-electron chi connectivity index (χ1n) is 7.82. The highest BCUT2D eigenvalue weighted by atomic mass is 16.5. The van der Waals surface area contributed by atoms with E-state index >= 15 is 0 Å². The molecule has 2 amide bonds. The lowest BCUT2D eigenvalue weighted by atomic mass is 10.0. The molecule has 2 atom stereocenters. The van der Waals surface area contributed by atoms with E-state index in [4.69, 9.17) is 4.74 Å². The van der Waals surface area contributed by atoms with Crippen molar-refractivity contribution in [3.8, 4) is 5.75 Å². The number of hydrogen-bond donors (Lipinski definition) is 2. The normalized spacial score (nSPS) is 19.1. The number of aliphatic hydroxyl groups is 1. The minimum absolute atomic E-state index is 0.0691. The molecule has 0 radical (unpaired) electrons. The lowest BCUT2D eigenvalue weighted by Crippen LogP contribution is -2.44. The minimum atomic E-state index is -0.391. The number of anilines is 1. The van der Waals surface area contributed by atoms with Gasteiger partial charge in [-0.15, -0.1) is 0 Å². The summed E-state index contributed by atoms with van der Waals surface area (Å²) in [5, 5.41) is 12.1. The van der Waals surface area contributed by atoms with Crippen molar-refractivity contribution in [3.63, 3.8) is 0 Å². The van der Waals surface area contributed by atoms with Gasteiger partial charge in [-0.25, -0.2) is 0 Å². The molecule has 1 heterocycles. The van der Waals surface area contributed by atoms with Gasteiger partial charge in [-0.3, -0.25) is 9.59 Å². The van der Waals surface area contributed by atoms with Crippen molar-refractivity contribution in [1.29, 1.82) is 0 Å². The van der Waals surface area contributed by atoms with Crippen LogP contribution in [0.25, 0.3) is 0 Å². The zero-order chi connectivity index (χ0) is 17.0. The molecule has 0 aliphatic carbocycles. The average Bonchev–Trinajstić information content (AvgIpc) is 2.94. The Balaban J connectivity index is 2.02. The van der Waals surface area contributed by atoms with Gasteiger partial charge in [0.1, 0.15) is 5.75 Å². The molecule has 0 unspecified atom stereocenters. The summed E-state index contributed by atoms with van der Waals surface area (Å²) < 4.78 is 5.11. The Labute approximate surface area is 136 Å². The highest BCUT2D eigenvalue weighted by Gasteiger charge is 2.36. The van der Waals surface area contributed by atoms with Crippen LogP contribution in [0.1, 0.15) is 20.3 Å². The van der Waals surface area contributed by atoms with Gasteiger partial charge in [0.25, 0.3) is 0 Å². The van der Waals surface area contributed by atoms with E-state index in [0.717, 1.165) is 11.4 Å². The van der Waals surface area contributed by atoms with E-state index in [1.807, 2.05) is 26.0 Å². The molecule has 1 fully saturated rings. The highest BCUT2D eigenvalue weighted by molar-refractivity contribution is 6.00. The van der Waals surface area contributed by atoms with Crippen LogP contribution in [0.2, 0.25) is 0 Å². The minimum Gasteiger partial charge on any atom is -0.497 e. The van der Waals surface area contributed by atoms with E-state index in [2.05, 4.69) is 5.32 Å². The third kappa shape index (κ3) is 4.01. The molecule has 0 bridgehead atoms. The smallest absolute Gasteiger partial charge is 0.227 e. The highest BCUT2D eigenvalue weighted by Crippen LogP contribution is 2.27. The van der Waals surface area contributed by atoms with Crippen LogP contribution >= 0.6 is 0 Å². The maximum atomic E-state index is 12.3. The molecule has 2 rings (SSSR count). The number of hydrogen-bond acceptors (Lipinski definition) is 4. The second-order valence-corrected chi connectivity index (χ2v) is 6.15. The van der Waals surface area contributed by atoms with Gasteiger partial charge in [0, 0.05) is 18.7 Å². The lowest BCUT2D eigenvalue weighted by Gasteiger charge is -2.22. The molecule has 1 aromatic carbocycles. The standard InChI is InChI=1S/C17H24N2O4/c1-11(2)15(10-20)18-17(22)12-8-16(21)19(9-12)13-4-6-14(23-3)7-5-13/h4-7,11-12,15,20H,8-10H2,1-3H3,(H,18,22)/t12-,15+/m1/s1. The largest absolute Gasteiger partial charge is 0.497 e. The van der Waals surface area contributed by atoms with E-state index in [0.29, 0.717) is 6.54 Å². The SMILES string of the molecule is COc1ccc(N2C[C@H](C(=O)N[C@@H](CO)C(C)C)CC2=O)cc1.